The van der Waals surface area contributed by atoms with E-state index in [1.165, 1.54) is 54.4 Å². The summed E-state index contributed by atoms with van der Waals surface area (Å²) in [5.74, 6) is 0.778. The van der Waals surface area contributed by atoms with E-state index in [0.717, 1.165) is 11.6 Å². The van der Waals surface area contributed by atoms with Crippen molar-refractivity contribution in [2.75, 3.05) is 5.73 Å². The monoisotopic (exact) mass is 265 g/mol. The van der Waals surface area contributed by atoms with Gasteiger partial charge in [0.05, 0.1) is 0 Å². The van der Waals surface area contributed by atoms with Crippen LogP contribution < -0.4 is 5.73 Å². The highest BCUT2D eigenvalue weighted by Crippen LogP contribution is 2.34. The second-order valence-corrected chi connectivity index (χ2v) is 5.98. The van der Waals surface area contributed by atoms with Gasteiger partial charge in [0, 0.05) is 5.69 Å². The standard InChI is InChI=1S/C19H23N/c1-14-18(8-5-9-19(14)20)17-12-10-16(11-13-17)15-6-3-2-4-7-15/h5,8-13,15H,2-4,6-7,20H2,1H3. The zero-order chi connectivity index (χ0) is 13.9. The van der Waals surface area contributed by atoms with Crippen molar-refractivity contribution in [2.45, 2.75) is 44.9 Å². The topological polar surface area (TPSA) is 26.0 Å². The first-order chi connectivity index (χ1) is 9.75. The van der Waals surface area contributed by atoms with Crippen LogP contribution >= 0.6 is 0 Å². The molecule has 0 aliphatic heterocycles. The van der Waals surface area contributed by atoms with E-state index < -0.39 is 0 Å². The van der Waals surface area contributed by atoms with Crippen LogP contribution in [0, 0.1) is 6.92 Å². The second kappa shape index (κ2) is 5.70. The summed E-state index contributed by atoms with van der Waals surface area (Å²) in [6.07, 6.45) is 6.91. The van der Waals surface area contributed by atoms with Crippen molar-refractivity contribution in [1.82, 2.24) is 0 Å². The third kappa shape index (κ3) is 2.58. The minimum Gasteiger partial charge on any atom is -0.398 e. The van der Waals surface area contributed by atoms with E-state index in [4.69, 9.17) is 5.73 Å². The Morgan fingerprint density at radius 3 is 2.30 bits per heavy atom. The van der Waals surface area contributed by atoms with Crippen molar-refractivity contribution in [3.63, 3.8) is 0 Å². The third-order valence-electron chi connectivity index (χ3n) is 4.67. The highest BCUT2D eigenvalue weighted by Gasteiger charge is 2.15. The first kappa shape index (κ1) is 13.2. The van der Waals surface area contributed by atoms with Crippen molar-refractivity contribution in [2.24, 2.45) is 0 Å². The molecular formula is C19H23N. The van der Waals surface area contributed by atoms with Crippen LogP contribution in [0.5, 0.6) is 0 Å². The molecule has 0 aromatic heterocycles. The van der Waals surface area contributed by atoms with E-state index in [9.17, 15) is 0 Å². The van der Waals surface area contributed by atoms with E-state index in [1.54, 1.807) is 0 Å². The molecule has 104 valence electrons. The van der Waals surface area contributed by atoms with Crippen LogP contribution in [0.1, 0.15) is 49.1 Å². The Kier molecular flexibility index (Phi) is 3.77. The first-order valence-corrected chi connectivity index (χ1v) is 7.71. The summed E-state index contributed by atoms with van der Waals surface area (Å²) >= 11 is 0. The molecule has 1 fully saturated rings. The molecule has 2 aromatic rings. The summed E-state index contributed by atoms with van der Waals surface area (Å²) in [5, 5.41) is 0. The lowest BCUT2D eigenvalue weighted by molar-refractivity contribution is 0.443. The summed E-state index contributed by atoms with van der Waals surface area (Å²) in [7, 11) is 0. The maximum Gasteiger partial charge on any atom is 0.0349 e. The molecule has 0 radical (unpaired) electrons. The largest absolute Gasteiger partial charge is 0.398 e. The predicted octanol–water partition coefficient (Wildman–Crippen LogP) is 5.29. The molecule has 20 heavy (non-hydrogen) atoms. The van der Waals surface area contributed by atoms with Gasteiger partial charge < -0.3 is 5.73 Å². The lowest BCUT2D eigenvalue weighted by atomic mass is 9.83. The number of nitrogens with two attached hydrogens (primary N) is 1. The Balaban J connectivity index is 1.87. The smallest absolute Gasteiger partial charge is 0.0349 e. The minimum absolute atomic E-state index is 0.778. The van der Waals surface area contributed by atoms with Crippen LogP contribution in [0.25, 0.3) is 11.1 Å². The van der Waals surface area contributed by atoms with Gasteiger partial charge in [-0.25, -0.2) is 0 Å². The molecule has 0 unspecified atom stereocenters. The molecule has 1 nitrogen and oxygen atoms in total. The van der Waals surface area contributed by atoms with Crippen LogP contribution in [-0.4, -0.2) is 0 Å². The van der Waals surface area contributed by atoms with Gasteiger partial charge in [-0.1, -0.05) is 55.7 Å². The van der Waals surface area contributed by atoms with Crippen LogP contribution in [0.2, 0.25) is 0 Å². The lowest BCUT2D eigenvalue weighted by Crippen LogP contribution is -2.04. The first-order valence-electron chi connectivity index (χ1n) is 7.71. The fourth-order valence-corrected chi connectivity index (χ4v) is 3.34. The highest BCUT2D eigenvalue weighted by molar-refractivity contribution is 5.72. The fourth-order valence-electron chi connectivity index (χ4n) is 3.34. The summed E-state index contributed by atoms with van der Waals surface area (Å²) < 4.78 is 0. The SMILES string of the molecule is Cc1c(N)cccc1-c1ccc(C2CCCCC2)cc1. The van der Waals surface area contributed by atoms with Gasteiger partial charge in [0.15, 0.2) is 0 Å². The Hall–Kier alpha value is -1.76. The molecule has 0 amide bonds. The Morgan fingerprint density at radius 2 is 1.60 bits per heavy atom. The number of hydrogen-bond donors (Lipinski definition) is 1. The molecule has 0 heterocycles. The van der Waals surface area contributed by atoms with E-state index in [2.05, 4.69) is 37.3 Å². The summed E-state index contributed by atoms with van der Waals surface area (Å²) in [5.41, 5.74) is 12.1. The third-order valence-corrected chi connectivity index (χ3v) is 4.67. The molecule has 2 N–H and O–H groups in total. The number of benzene rings is 2. The maximum absolute atomic E-state index is 6.00. The zero-order valence-corrected chi connectivity index (χ0v) is 12.2. The number of nitrogen functional groups attached to an aromatic ring is 1. The van der Waals surface area contributed by atoms with Crippen molar-refractivity contribution in [3.8, 4) is 11.1 Å². The van der Waals surface area contributed by atoms with Crippen LogP contribution in [0.15, 0.2) is 42.5 Å². The van der Waals surface area contributed by atoms with Gasteiger partial charge in [-0.3, -0.25) is 0 Å². The molecule has 2 aromatic carbocycles. The number of rotatable bonds is 2. The lowest BCUT2D eigenvalue weighted by Gasteiger charge is -2.22. The maximum atomic E-state index is 6.00. The van der Waals surface area contributed by atoms with Crippen LogP contribution in [-0.2, 0) is 0 Å². The van der Waals surface area contributed by atoms with Crippen molar-refractivity contribution in [3.05, 3.63) is 53.6 Å². The van der Waals surface area contributed by atoms with Crippen LogP contribution in [0.3, 0.4) is 0 Å². The Morgan fingerprint density at radius 1 is 0.900 bits per heavy atom. The van der Waals surface area contributed by atoms with Gasteiger partial charge in [0.2, 0.25) is 0 Å². The average molecular weight is 265 g/mol. The summed E-state index contributed by atoms with van der Waals surface area (Å²) in [4.78, 5) is 0. The quantitative estimate of drug-likeness (QED) is 0.733. The summed E-state index contributed by atoms with van der Waals surface area (Å²) in [6.45, 7) is 2.10. The highest BCUT2D eigenvalue weighted by atomic mass is 14.6. The molecular weight excluding hydrogens is 242 g/mol. The Labute approximate surface area is 121 Å². The molecule has 0 bridgehead atoms. The Bertz CT molecular complexity index is 577. The van der Waals surface area contributed by atoms with Gasteiger partial charge >= 0.3 is 0 Å². The van der Waals surface area contributed by atoms with Gasteiger partial charge in [-0.2, -0.15) is 0 Å². The van der Waals surface area contributed by atoms with Gasteiger partial charge in [0.25, 0.3) is 0 Å². The molecule has 0 spiro atoms. The van der Waals surface area contributed by atoms with E-state index in [1.807, 2.05) is 12.1 Å². The average Bonchev–Trinajstić information content (AvgIpc) is 2.51. The van der Waals surface area contributed by atoms with Crippen molar-refractivity contribution < 1.29 is 0 Å². The second-order valence-electron chi connectivity index (χ2n) is 5.98. The zero-order valence-electron chi connectivity index (χ0n) is 12.2. The van der Waals surface area contributed by atoms with E-state index >= 15 is 0 Å². The molecule has 0 saturated heterocycles. The number of hydrogen-bond acceptors (Lipinski definition) is 1. The predicted molar refractivity (Wildman–Crippen MR) is 86.9 cm³/mol. The molecule has 1 heteroatoms. The molecule has 3 rings (SSSR count). The van der Waals surface area contributed by atoms with Gasteiger partial charge in [-0.15, -0.1) is 0 Å². The fraction of sp³-hybridized carbons (Fsp3) is 0.368. The van der Waals surface area contributed by atoms with E-state index in [0.29, 0.717) is 0 Å². The molecule has 1 aliphatic rings. The summed E-state index contributed by atoms with van der Waals surface area (Å²) in [6, 6.07) is 15.3. The van der Waals surface area contributed by atoms with Crippen LogP contribution in [0.4, 0.5) is 5.69 Å². The number of anilines is 1. The molecule has 1 saturated carbocycles. The van der Waals surface area contributed by atoms with Crippen molar-refractivity contribution in [1.29, 1.82) is 0 Å². The van der Waals surface area contributed by atoms with Gasteiger partial charge in [0.1, 0.15) is 0 Å². The van der Waals surface area contributed by atoms with E-state index in [-0.39, 0.29) is 0 Å². The normalized spacial score (nSPS) is 16.2. The molecule has 0 atom stereocenters. The van der Waals surface area contributed by atoms with Gasteiger partial charge in [-0.05, 0) is 54.0 Å². The minimum atomic E-state index is 0.778. The van der Waals surface area contributed by atoms with Crippen molar-refractivity contribution >= 4 is 5.69 Å². The molecule has 1 aliphatic carbocycles.